The number of nitrogens with zero attached hydrogens (tertiary/aromatic N) is 2. The van der Waals surface area contributed by atoms with Gasteiger partial charge in [-0.1, -0.05) is 6.07 Å². The topological polar surface area (TPSA) is 82.4 Å². The number of benzene rings is 1. The zero-order valence-electron chi connectivity index (χ0n) is 12.5. The third-order valence-electron chi connectivity index (χ3n) is 2.95. The molecule has 0 aliphatic heterocycles. The summed E-state index contributed by atoms with van der Waals surface area (Å²) in [6, 6.07) is 7.02. The van der Waals surface area contributed by atoms with Crippen molar-refractivity contribution >= 4 is 17.6 Å². The average molecular weight is 289 g/mol. The fourth-order valence-corrected chi connectivity index (χ4v) is 1.76. The van der Waals surface area contributed by atoms with E-state index in [4.69, 9.17) is 5.26 Å². The van der Waals surface area contributed by atoms with Gasteiger partial charge in [-0.2, -0.15) is 5.26 Å². The number of rotatable bonds is 6. The van der Waals surface area contributed by atoms with Crippen molar-refractivity contribution in [2.24, 2.45) is 0 Å². The number of aryl methyl sites for hydroxylation is 1. The molecule has 1 aromatic carbocycles. The van der Waals surface area contributed by atoms with Crippen molar-refractivity contribution in [3.05, 3.63) is 29.3 Å². The maximum absolute atomic E-state index is 11.9. The Morgan fingerprint density at radius 2 is 2.14 bits per heavy atom. The lowest BCUT2D eigenvalue weighted by atomic mass is 10.1. The highest BCUT2D eigenvalue weighted by Gasteiger charge is 2.11. The Balaban J connectivity index is 2.71. The molecule has 6 nitrogen and oxygen atoms in total. The Morgan fingerprint density at radius 3 is 2.76 bits per heavy atom. The van der Waals surface area contributed by atoms with Crippen molar-refractivity contribution in [2.75, 3.05) is 32.6 Å². The molecule has 0 unspecified atom stereocenters. The maximum atomic E-state index is 11.9. The van der Waals surface area contributed by atoms with Gasteiger partial charge in [-0.05, 0) is 31.7 Å². The highest BCUT2D eigenvalue weighted by Crippen LogP contribution is 2.17. The fourth-order valence-electron chi connectivity index (χ4n) is 1.76. The predicted octanol–water partition coefficient (Wildman–Crippen LogP) is 1.57. The van der Waals surface area contributed by atoms with Gasteiger partial charge in [0.2, 0.25) is 5.91 Å². The third kappa shape index (κ3) is 5.24. The van der Waals surface area contributed by atoms with Gasteiger partial charge in [-0.3, -0.25) is 9.69 Å². The number of nitrogens with one attached hydrogen (secondary N) is 1. The number of amides is 1. The molecule has 0 bridgehead atoms. The highest BCUT2D eigenvalue weighted by molar-refractivity contribution is 5.96. The third-order valence-corrected chi connectivity index (χ3v) is 2.95. The van der Waals surface area contributed by atoms with Crippen LogP contribution in [0.15, 0.2) is 18.2 Å². The first-order valence-corrected chi connectivity index (χ1v) is 6.52. The smallest absolute Gasteiger partial charge is 0.337 e. The molecule has 0 fully saturated rings. The van der Waals surface area contributed by atoms with E-state index in [-0.39, 0.29) is 12.5 Å². The van der Waals surface area contributed by atoms with Gasteiger partial charge in [0.25, 0.3) is 0 Å². The van der Waals surface area contributed by atoms with Gasteiger partial charge in [-0.25, -0.2) is 4.79 Å². The monoisotopic (exact) mass is 289 g/mol. The number of carbonyl (C=O) groups is 2. The lowest BCUT2D eigenvalue weighted by Gasteiger charge is -2.15. The van der Waals surface area contributed by atoms with E-state index >= 15 is 0 Å². The molecule has 112 valence electrons. The summed E-state index contributed by atoms with van der Waals surface area (Å²) in [5.41, 5.74) is 1.82. The summed E-state index contributed by atoms with van der Waals surface area (Å²) in [5.74, 6) is -0.641. The number of carbonyl (C=O) groups excluding carboxylic acids is 2. The van der Waals surface area contributed by atoms with E-state index in [2.05, 4.69) is 10.1 Å². The molecule has 0 aliphatic rings. The summed E-state index contributed by atoms with van der Waals surface area (Å²) in [6.45, 7) is 2.56. The number of methoxy groups -OCH3 is 1. The van der Waals surface area contributed by atoms with Crippen LogP contribution < -0.4 is 5.32 Å². The van der Waals surface area contributed by atoms with E-state index in [1.165, 1.54) is 7.11 Å². The number of nitriles is 1. The summed E-state index contributed by atoms with van der Waals surface area (Å²) in [4.78, 5) is 25.2. The number of ether oxygens (including phenoxy) is 1. The molecular weight excluding hydrogens is 270 g/mol. The van der Waals surface area contributed by atoms with Crippen molar-refractivity contribution in [1.29, 1.82) is 5.26 Å². The number of hydrogen-bond donors (Lipinski definition) is 1. The van der Waals surface area contributed by atoms with Gasteiger partial charge in [-0.15, -0.1) is 0 Å². The SMILES string of the molecule is COC(=O)c1ccc(C)c(NC(=O)CN(C)CCC#N)c1. The molecule has 0 saturated heterocycles. The molecule has 1 N–H and O–H groups in total. The van der Waals surface area contributed by atoms with Crippen LogP contribution in [-0.2, 0) is 9.53 Å². The molecule has 0 saturated carbocycles. The summed E-state index contributed by atoms with van der Waals surface area (Å²) in [7, 11) is 3.08. The lowest BCUT2D eigenvalue weighted by Crippen LogP contribution is -2.31. The standard InChI is InChI=1S/C15H19N3O3/c1-11-5-6-12(15(20)21-3)9-13(11)17-14(19)10-18(2)8-4-7-16/h5-6,9H,4,8,10H2,1-3H3,(H,17,19). The van der Waals surface area contributed by atoms with Crippen molar-refractivity contribution in [3.8, 4) is 6.07 Å². The zero-order chi connectivity index (χ0) is 15.8. The van der Waals surface area contributed by atoms with Crippen LogP contribution in [0.1, 0.15) is 22.3 Å². The van der Waals surface area contributed by atoms with E-state index in [1.54, 1.807) is 30.1 Å². The van der Waals surface area contributed by atoms with E-state index in [1.807, 2.05) is 13.0 Å². The van der Waals surface area contributed by atoms with Gasteiger partial charge in [0, 0.05) is 18.7 Å². The molecule has 1 amide bonds. The minimum atomic E-state index is -0.448. The van der Waals surface area contributed by atoms with Crippen LogP contribution in [0.2, 0.25) is 0 Å². The van der Waals surface area contributed by atoms with Crippen LogP contribution in [0, 0.1) is 18.3 Å². The van der Waals surface area contributed by atoms with Gasteiger partial charge in [0.1, 0.15) is 0 Å². The van der Waals surface area contributed by atoms with Gasteiger partial charge >= 0.3 is 5.97 Å². The Bertz CT molecular complexity index is 564. The molecule has 21 heavy (non-hydrogen) atoms. The second-order valence-corrected chi connectivity index (χ2v) is 4.72. The second-order valence-electron chi connectivity index (χ2n) is 4.72. The first-order valence-electron chi connectivity index (χ1n) is 6.52. The van der Waals surface area contributed by atoms with Crippen LogP contribution in [0.4, 0.5) is 5.69 Å². The molecule has 0 spiro atoms. The van der Waals surface area contributed by atoms with Gasteiger partial charge in [0.05, 0.1) is 25.3 Å². The zero-order valence-corrected chi connectivity index (χ0v) is 12.5. The lowest BCUT2D eigenvalue weighted by molar-refractivity contribution is -0.117. The van der Waals surface area contributed by atoms with Crippen molar-refractivity contribution in [3.63, 3.8) is 0 Å². The number of hydrogen-bond acceptors (Lipinski definition) is 5. The molecule has 0 radical (unpaired) electrons. The summed E-state index contributed by atoms with van der Waals surface area (Å²) >= 11 is 0. The second kappa shape index (κ2) is 8.02. The summed E-state index contributed by atoms with van der Waals surface area (Å²) in [5, 5.41) is 11.3. The molecule has 6 heteroatoms. The number of esters is 1. The Kier molecular flexibility index (Phi) is 6.37. The van der Waals surface area contributed by atoms with Gasteiger partial charge in [0.15, 0.2) is 0 Å². The Morgan fingerprint density at radius 1 is 1.43 bits per heavy atom. The molecule has 0 aromatic heterocycles. The quantitative estimate of drug-likeness (QED) is 0.804. The number of anilines is 1. The summed E-state index contributed by atoms with van der Waals surface area (Å²) in [6.07, 6.45) is 0.376. The Labute approximate surface area is 124 Å². The van der Waals surface area contributed by atoms with Crippen molar-refractivity contribution < 1.29 is 14.3 Å². The largest absolute Gasteiger partial charge is 0.465 e. The normalized spacial score (nSPS) is 10.0. The minimum absolute atomic E-state index is 0.184. The minimum Gasteiger partial charge on any atom is -0.465 e. The number of likely N-dealkylation sites (N-methyl/N-ethyl adjacent to an activating group) is 1. The van der Waals surface area contributed by atoms with Crippen molar-refractivity contribution in [1.82, 2.24) is 4.90 Å². The molecular formula is C15H19N3O3. The molecule has 1 aromatic rings. The maximum Gasteiger partial charge on any atom is 0.337 e. The van der Waals surface area contributed by atoms with Crippen LogP contribution in [0.5, 0.6) is 0 Å². The Hall–Kier alpha value is -2.39. The van der Waals surface area contributed by atoms with E-state index in [0.29, 0.717) is 24.2 Å². The van der Waals surface area contributed by atoms with E-state index < -0.39 is 5.97 Å². The van der Waals surface area contributed by atoms with E-state index in [9.17, 15) is 9.59 Å². The van der Waals surface area contributed by atoms with Crippen LogP contribution in [0.3, 0.4) is 0 Å². The molecule has 0 aliphatic carbocycles. The van der Waals surface area contributed by atoms with Crippen molar-refractivity contribution in [2.45, 2.75) is 13.3 Å². The summed E-state index contributed by atoms with van der Waals surface area (Å²) < 4.78 is 4.65. The van der Waals surface area contributed by atoms with Gasteiger partial charge < -0.3 is 10.1 Å². The average Bonchev–Trinajstić information content (AvgIpc) is 2.46. The predicted molar refractivity (Wildman–Crippen MR) is 78.9 cm³/mol. The molecule has 1 rings (SSSR count). The van der Waals surface area contributed by atoms with Crippen LogP contribution in [0.25, 0.3) is 0 Å². The molecule has 0 heterocycles. The molecule has 0 atom stereocenters. The first-order chi connectivity index (χ1) is 9.97. The first kappa shape index (κ1) is 16.7. The van der Waals surface area contributed by atoms with Crippen LogP contribution >= 0.6 is 0 Å². The fraction of sp³-hybridized carbons (Fsp3) is 0.400. The van der Waals surface area contributed by atoms with E-state index in [0.717, 1.165) is 5.56 Å². The van der Waals surface area contributed by atoms with Crippen LogP contribution in [-0.4, -0.2) is 44.0 Å². The highest BCUT2D eigenvalue weighted by atomic mass is 16.5.